The van der Waals surface area contributed by atoms with Gasteiger partial charge in [-0.05, 0) is 44.4 Å². The van der Waals surface area contributed by atoms with Gasteiger partial charge in [0.15, 0.2) is 5.13 Å². The van der Waals surface area contributed by atoms with Crippen molar-refractivity contribution in [3.8, 4) is 0 Å². The lowest BCUT2D eigenvalue weighted by atomic mass is 10.2. The molecular formula is C18H18Cl3N3OS. The maximum absolute atomic E-state index is 13.1. The van der Waals surface area contributed by atoms with Crippen molar-refractivity contribution in [2.45, 2.75) is 0 Å². The van der Waals surface area contributed by atoms with E-state index in [4.69, 9.17) is 23.2 Å². The predicted molar refractivity (Wildman–Crippen MR) is 114 cm³/mol. The highest BCUT2D eigenvalue weighted by molar-refractivity contribution is 7.22. The van der Waals surface area contributed by atoms with Crippen LogP contribution >= 0.6 is 46.9 Å². The first kappa shape index (κ1) is 20.9. The van der Waals surface area contributed by atoms with Crippen LogP contribution in [0.15, 0.2) is 42.5 Å². The first-order valence-corrected chi connectivity index (χ1v) is 9.30. The number of carbonyl (C=O) groups excluding carboxylic acids is 1. The lowest BCUT2D eigenvalue weighted by Gasteiger charge is -2.22. The van der Waals surface area contributed by atoms with E-state index in [-0.39, 0.29) is 18.3 Å². The molecule has 1 heterocycles. The van der Waals surface area contributed by atoms with E-state index in [1.807, 2.05) is 43.3 Å². The third-order valence-corrected chi connectivity index (χ3v) is 5.30. The fourth-order valence-electron chi connectivity index (χ4n) is 2.37. The Kier molecular flexibility index (Phi) is 7.26. The van der Waals surface area contributed by atoms with E-state index in [0.29, 0.717) is 33.8 Å². The average molecular weight is 431 g/mol. The summed E-state index contributed by atoms with van der Waals surface area (Å²) in [6.07, 6.45) is 0. The smallest absolute Gasteiger partial charge is 0.261 e. The fourth-order valence-corrected chi connectivity index (χ4v) is 3.85. The molecule has 0 aliphatic rings. The topological polar surface area (TPSA) is 36.4 Å². The van der Waals surface area contributed by atoms with E-state index in [1.165, 1.54) is 11.3 Å². The van der Waals surface area contributed by atoms with Gasteiger partial charge in [0.25, 0.3) is 5.91 Å². The van der Waals surface area contributed by atoms with Gasteiger partial charge >= 0.3 is 0 Å². The summed E-state index contributed by atoms with van der Waals surface area (Å²) in [4.78, 5) is 21.4. The van der Waals surface area contributed by atoms with Gasteiger partial charge in [-0.3, -0.25) is 9.69 Å². The molecule has 0 atom stereocenters. The molecule has 26 heavy (non-hydrogen) atoms. The molecular weight excluding hydrogens is 413 g/mol. The second-order valence-electron chi connectivity index (χ2n) is 5.85. The standard InChI is InChI=1S/C18H17Cl2N3OS.ClH/c1-22(2)9-10-23(17(24)13-8-7-12(19)11-14(13)20)18-21-15-5-3-4-6-16(15)25-18;/h3-8,11H,9-10H2,1-2H3;1H. The zero-order valence-corrected chi connectivity index (χ0v) is 17.4. The molecule has 2 aromatic carbocycles. The van der Waals surface area contributed by atoms with E-state index in [0.717, 1.165) is 10.2 Å². The van der Waals surface area contributed by atoms with Crippen LogP contribution in [0.2, 0.25) is 10.0 Å². The number of nitrogens with zero attached hydrogens (tertiary/aromatic N) is 3. The molecule has 3 rings (SSSR count). The number of hydrogen-bond donors (Lipinski definition) is 0. The predicted octanol–water partition coefficient (Wildman–Crippen LogP) is 5.23. The number of halogens is 3. The van der Waals surface area contributed by atoms with Crippen LogP contribution in [-0.2, 0) is 0 Å². The summed E-state index contributed by atoms with van der Waals surface area (Å²) in [7, 11) is 3.94. The van der Waals surface area contributed by atoms with E-state index >= 15 is 0 Å². The van der Waals surface area contributed by atoms with Gasteiger partial charge in [0.2, 0.25) is 0 Å². The maximum Gasteiger partial charge on any atom is 0.261 e. The van der Waals surface area contributed by atoms with Crippen LogP contribution in [0.3, 0.4) is 0 Å². The number of likely N-dealkylation sites (N-methyl/N-ethyl adjacent to an activating group) is 1. The fraction of sp³-hybridized carbons (Fsp3) is 0.222. The Hall–Kier alpha value is -1.37. The molecule has 3 aromatic rings. The molecule has 8 heteroatoms. The molecule has 0 aliphatic heterocycles. The van der Waals surface area contributed by atoms with Crippen molar-refractivity contribution in [2.75, 3.05) is 32.1 Å². The normalized spacial score (nSPS) is 10.8. The first-order valence-electron chi connectivity index (χ1n) is 7.73. The number of para-hydroxylation sites is 1. The third kappa shape index (κ3) is 4.67. The van der Waals surface area contributed by atoms with Crippen molar-refractivity contribution in [1.29, 1.82) is 0 Å². The van der Waals surface area contributed by atoms with Gasteiger partial charge in [0.05, 0.1) is 20.8 Å². The maximum atomic E-state index is 13.1. The molecule has 4 nitrogen and oxygen atoms in total. The Labute approximate surface area is 172 Å². The van der Waals surface area contributed by atoms with Crippen LogP contribution in [0.4, 0.5) is 5.13 Å². The molecule has 0 saturated carbocycles. The van der Waals surface area contributed by atoms with Crippen LogP contribution in [0.5, 0.6) is 0 Å². The minimum Gasteiger partial charge on any atom is -0.308 e. The van der Waals surface area contributed by atoms with Crippen molar-refractivity contribution in [3.63, 3.8) is 0 Å². The quantitative estimate of drug-likeness (QED) is 0.556. The lowest BCUT2D eigenvalue weighted by molar-refractivity contribution is 0.0985. The van der Waals surface area contributed by atoms with Gasteiger partial charge in [-0.2, -0.15) is 0 Å². The van der Waals surface area contributed by atoms with Gasteiger partial charge < -0.3 is 4.90 Å². The highest BCUT2D eigenvalue weighted by atomic mass is 35.5. The minimum absolute atomic E-state index is 0. The molecule has 0 aliphatic carbocycles. The number of amides is 1. The minimum atomic E-state index is -0.178. The Bertz CT molecular complexity index is 881. The van der Waals surface area contributed by atoms with Crippen LogP contribution in [-0.4, -0.2) is 43.0 Å². The summed E-state index contributed by atoms with van der Waals surface area (Å²) in [6, 6.07) is 12.8. The monoisotopic (exact) mass is 429 g/mol. The zero-order chi connectivity index (χ0) is 18.0. The Morgan fingerprint density at radius 2 is 1.85 bits per heavy atom. The van der Waals surface area contributed by atoms with E-state index in [2.05, 4.69) is 4.98 Å². The summed E-state index contributed by atoms with van der Waals surface area (Å²) in [6.45, 7) is 1.23. The average Bonchev–Trinajstić information content (AvgIpc) is 2.98. The number of rotatable bonds is 5. The molecule has 1 amide bonds. The molecule has 0 saturated heterocycles. The van der Waals surface area contributed by atoms with Gasteiger partial charge in [0.1, 0.15) is 0 Å². The Morgan fingerprint density at radius 3 is 2.50 bits per heavy atom. The molecule has 0 spiro atoms. The SMILES string of the molecule is CN(C)CCN(C(=O)c1ccc(Cl)cc1Cl)c1nc2ccccc2s1.Cl. The summed E-state index contributed by atoms with van der Waals surface area (Å²) >= 11 is 13.7. The summed E-state index contributed by atoms with van der Waals surface area (Å²) in [5.74, 6) is -0.178. The summed E-state index contributed by atoms with van der Waals surface area (Å²) < 4.78 is 1.04. The van der Waals surface area contributed by atoms with Crippen molar-refractivity contribution in [2.24, 2.45) is 0 Å². The summed E-state index contributed by atoms with van der Waals surface area (Å²) in [5, 5.41) is 1.51. The van der Waals surface area contributed by atoms with Gasteiger partial charge in [-0.15, -0.1) is 12.4 Å². The van der Waals surface area contributed by atoms with Crippen molar-refractivity contribution in [1.82, 2.24) is 9.88 Å². The molecule has 138 valence electrons. The third-order valence-electron chi connectivity index (χ3n) is 3.69. The molecule has 0 bridgehead atoms. The van der Waals surface area contributed by atoms with E-state index < -0.39 is 0 Å². The number of thiazole rings is 1. The number of benzene rings is 2. The van der Waals surface area contributed by atoms with Crippen molar-refractivity contribution in [3.05, 3.63) is 58.1 Å². The lowest BCUT2D eigenvalue weighted by Crippen LogP contribution is -2.36. The largest absolute Gasteiger partial charge is 0.308 e. The van der Waals surface area contributed by atoms with E-state index in [1.54, 1.807) is 23.1 Å². The molecule has 1 aromatic heterocycles. The van der Waals surface area contributed by atoms with Crippen molar-refractivity contribution < 1.29 is 4.79 Å². The highest BCUT2D eigenvalue weighted by Crippen LogP contribution is 2.31. The number of carbonyl (C=O) groups is 1. The Morgan fingerprint density at radius 1 is 1.12 bits per heavy atom. The van der Waals surface area contributed by atoms with Crippen molar-refractivity contribution >= 4 is 68.2 Å². The molecule has 0 radical (unpaired) electrons. The molecule has 0 N–H and O–H groups in total. The second-order valence-corrected chi connectivity index (χ2v) is 7.70. The number of fused-ring (bicyclic) bond motifs is 1. The zero-order valence-electron chi connectivity index (χ0n) is 14.3. The number of anilines is 1. The van der Waals surface area contributed by atoms with Crippen LogP contribution < -0.4 is 4.90 Å². The van der Waals surface area contributed by atoms with Crippen LogP contribution in [0.25, 0.3) is 10.2 Å². The van der Waals surface area contributed by atoms with Crippen LogP contribution in [0.1, 0.15) is 10.4 Å². The van der Waals surface area contributed by atoms with Crippen LogP contribution in [0, 0.1) is 0 Å². The number of hydrogen-bond acceptors (Lipinski definition) is 4. The number of aromatic nitrogens is 1. The second kappa shape index (κ2) is 9.02. The molecule has 0 fully saturated rings. The first-order chi connectivity index (χ1) is 12.0. The Balaban J connectivity index is 0.00000243. The molecule has 0 unspecified atom stereocenters. The summed E-state index contributed by atoms with van der Waals surface area (Å²) in [5.41, 5.74) is 1.30. The van der Waals surface area contributed by atoms with E-state index in [9.17, 15) is 4.79 Å². The van der Waals surface area contributed by atoms with Gasteiger partial charge in [0, 0.05) is 18.1 Å². The highest BCUT2D eigenvalue weighted by Gasteiger charge is 2.23. The van der Waals surface area contributed by atoms with Gasteiger partial charge in [-0.1, -0.05) is 46.7 Å². The van der Waals surface area contributed by atoms with Gasteiger partial charge in [-0.25, -0.2) is 4.98 Å².